The lowest BCUT2D eigenvalue weighted by molar-refractivity contribution is 1.17. The van der Waals surface area contributed by atoms with Crippen LogP contribution in [0.25, 0.3) is 72.5 Å². The number of pyridine rings is 1. The van der Waals surface area contributed by atoms with Gasteiger partial charge in [-0.1, -0.05) is 103 Å². The van der Waals surface area contributed by atoms with Crippen molar-refractivity contribution in [2.45, 2.75) is 0 Å². The predicted molar refractivity (Wildman–Crippen MR) is 176 cm³/mol. The van der Waals surface area contributed by atoms with Gasteiger partial charge in [0, 0.05) is 45.5 Å². The van der Waals surface area contributed by atoms with Crippen molar-refractivity contribution >= 4 is 21.8 Å². The van der Waals surface area contributed by atoms with E-state index in [1.165, 1.54) is 21.8 Å². The molecule has 5 aromatic carbocycles. The van der Waals surface area contributed by atoms with Crippen LogP contribution in [0.3, 0.4) is 0 Å². The molecule has 0 aliphatic heterocycles. The van der Waals surface area contributed by atoms with Crippen LogP contribution in [-0.2, 0) is 0 Å². The van der Waals surface area contributed by atoms with Crippen molar-refractivity contribution in [3.05, 3.63) is 158 Å². The number of nitrogens with zero attached hydrogens (tertiary/aromatic N) is 4. The third-order valence-corrected chi connectivity index (χ3v) is 7.95. The van der Waals surface area contributed by atoms with Gasteiger partial charge in [-0.2, -0.15) is 0 Å². The van der Waals surface area contributed by atoms with Gasteiger partial charge in [-0.25, -0.2) is 9.97 Å². The molecule has 0 aliphatic carbocycles. The Morgan fingerprint density at radius 1 is 0.419 bits per heavy atom. The second kappa shape index (κ2) is 10.5. The minimum atomic E-state index is 0.698. The molecule has 0 amide bonds. The van der Waals surface area contributed by atoms with E-state index in [9.17, 15) is 0 Å². The van der Waals surface area contributed by atoms with Crippen LogP contribution in [0.1, 0.15) is 0 Å². The van der Waals surface area contributed by atoms with Crippen molar-refractivity contribution in [2.75, 3.05) is 0 Å². The van der Waals surface area contributed by atoms with Crippen molar-refractivity contribution in [2.24, 2.45) is 0 Å². The van der Waals surface area contributed by atoms with Gasteiger partial charge in [0.05, 0.1) is 22.4 Å². The maximum Gasteiger partial charge on any atom is 0.160 e. The molecule has 202 valence electrons. The number of hydrogen-bond acceptors (Lipinski definition) is 3. The average molecular weight is 551 g/mol. The van der Waals surface area contributed by atoms with Crippen LogP contribution in [0.5, 0.6) is 0 Å². The Labute approximate surface area is 249 Å². The fourth-order valence-corrected chi connectivity index (χ4v) is 5.92. The molecule has 0 bridgehead atoms. The highest BCUT2D eigenvalue weighted by Crippen LogP contribution is 2.35. The van der Waals surface area contributed by atoms with E-state index in [0.29, 0.717) is 5.82 Å². The van der Waals surface area contributed by atoms with Crippen LogP contribution in [0.15, 0.2) is 158 Å². The van der Waals surface area contributed by atoms with Crippen molar-refractivity contribution in [3.8, 4) is 50.7 Å². The van der Waals surface area contributed by atoms with Crippen LogP contribution < -0.4 is 0 Å². The number of hydrogen-bond donors (Lipinski definition) is 0. The molecule has 3 heterocycles. The van der Waals surface area contributed by atoms with E-state index < -0.39 is 0 Å². The standard InChI is InChI=1S/C39H26N4/c1-2-10-29(11-3-1)39-41-35(26-36(42-39)32-13-5-4-12-31(32)27-22-24-40-25-23-27)28-18-20-30(21-19-28)43-37-16-8-6-14-33(37)34-15-7-9-17-38(34)43/h1-26H. The van der Waals surface area contributed by atoms with Crippen LogP contribution in [0.2, 0.25) is 0 Å². The van der Waals surface area contributed by atoms with E-state index in [4.69, 9.17) is 9.97 Å². The lowest BCUT2D eigenvalue weighted by Crippen LogP contribution is -1.98. The maximum atomic E-state index is 5.08. The van der Waals surface area contributed by atoms with E-state index >= 15 is 0 Å². The van der Waals surface area contributed by atoms with Crippen LogP contribution in [0, 0.1) is 0 Å². The van der Waals surface area contributed by atoms with Gasteiger partial charge in [-0.3, -0.25) is 4.98 Å². The van der Waals surface area contributed by atoms with Gasteiger partial charge in [0.25, 0.3) is 0 Å². The Morgan fingerprint density at radius 2 is 1.00 bits per heavy atom. The first-order valence-electron chi connectivity index (χ1n) is 14.4. The molecule has 43 heavy (non-hydrogen) atoms. The first kappa shape index (κ1) is 24.9. The Bertz CT molecular complexity index is 2160. The normalized spacial score (nSPS) is 11.3. The molecule has 8 aromatic rings. The third kappa shape index (κ3) is 4.46. The fraction of sp³-hybridized carbons (Fsp3) is 0. The van der Waals surface area contributed by atoms with E-state index in [2.05, 4.69) is 125 Å². The first-order valence-corrected chi connectivity index (χ1v) is 14.4. The molecule has 0 saturated heterocycles. The first-order chi connectivity index (χ1) is 21.3. The highest BCUT2D eigenvalue weighted by Gasteiger charge is 2.15. The van der Waals surface area contributed by atoms with Gasteiger partial charge < -0.3 is 4.57 Å². The molecule has 0 fully saturated rings. The van der Waals surface area contributed by atoms with Gasteiger partial charge in [-0.05, 0) is 53.6 Å². The summed E-state index contributed by atoms with van der Waals surface area (Å²) < 4.78 is 2.33. The van der Waals surface area contributed by atoms with E-state index in [1.54, 1.807) is 0 Å². The van der Waals surface area contributed by atoms with Crippen LogP contribution >= 0.6 is 0 Å². The molecule has 4 heteroatoms. The fourth-order valence-electron chi connectivity index (χ4n) is 5.92. The van der Waals surface area contributed by atoms with Crippen molar-refractivity contribution in [3.63, 3.8) is 0 Å². The number of para-hydroxylation sites is 2. The lowest BCUT2D eigenvalue weighted by atomic mass is 9.97. The maximum absolute atomic E-state index is 5.08. The summed E-state index contributed by atoms with van der Waals surface area (Å²) in [5.41, 5.74) is 10.5. The highest BCUT2D eigenvalue weighted by molar-refractivity contribution is 6.09. The van der Waals surface area contributed by atoms with Gasteiger partial charge in [0.15, 0.2) is 5.82 Å². The molecule has 8 rings (SSSR count). The minimum absolute atomic E-state index is 0.698. The SMILES string of the molecule is c1ccc(-c2nc(-c3ccc(-n4c5ccccc5c5ccccc54)cc3)cc(-c3ccccc3-c3ccncc3)n2)cc1. The Kier molecular flexibility index (Phi) is 6.08. The Morgan fingerprint density at radius 3 is 1.70 bits per heavy atom. The zero-order chi connectivity index (χ0) is 28.6. The minimum Gasteiger partial charge on any atom is -0.309 e. The number of rotatable bonds is 5. The molecule has 0 saturated carbocycles. The summed E-state index contributed by atoms with van der Waals surface area (Å²) in [5.74, 6) is 0.698. The number of fused-ring (bicyclic) bond motifs is 3. The van der Waals surface area contributed by atoms with E-state index in [0.717, 1.165) is 44.9 Å². The Balaban J connectivity index is 1.28. The van der Waals surface area contributed by atoms with Crippen LogP contribution in [-0.4, -0.2) is 19.5 Å². The largest absolute Gasteiger partial charge is 0.309 e. The highest BCUT2D eigenvalue weighted by atomic mass is 15.0. The monoisotopic (exact) mass is 550 g/mol. The van der Waals surface area contributed by atoms with Gasteiger partial charge >= 0.3 is 0 Å². The lowest BCUT2D eigenvalue weighted by Gasteiger charge is -2.13. The second-order valence-electron chi connectivity index (χ2n) is 10.5. The summed E-state index contributed by atoms with van der Waals surface area (Å²) in [4.78, 5) is 14.4. The summed E-state index contributed by atoms with van der Waals surface area (Å²) in [6, 6.07) is 50.6. The second-order valence-corrected chi connectivity index (χ2v) is 10.5. The molecule has 3 aromatic heterocycles. The molecule has 0 unspecified atom stereocenters. The summed E-state index contributed by atoms with van der Waals surface area (Å²) in [6.45, 7) is 0. The molecule has 0 spiro atoms. The topological polar surface area (TPSA) is 43.6 Å². The summed E-state index contributed by atoms with van der Waals surface area (Å²) in [5, 5.41) is 2.51. The van der Waals surface area contributed by atoms with Crippen LogP contribution in [0.4, 0.5) is 0 Å². The number of benzene rings is 5. The molecule has 0 radical (unpaired) electrons. The average Bonchev–Trinajstić information content (AvgIpc) is 3.43. The summed E-state index contributed by atoms with van der Waals surface area (Å²) in [7, 11) is 0. The molecule has 0 aliphatic rings. The van der Waals surface area contributed by atoms with Gasteiger partial charge in [0.2, 0.25) is 0 Å². The molecule has 0 atom stereocenters. The quantitative estimate of drug-likeness (QED) is 0.214. The summed E-state index contributed by atoms with van der Waals surface area (Å²) in [6.07, 6.45) is 3.65. The Hall–Kier alpha value is -5.87. The zero-order valence-electron chi connectivity index (χ0n) is 23.3. The third-order valence-electron chi connectivity index (χ3n) is 7.95. The molecular weight excluding hydrogens is 524 g/mol. The molecular formula is C39H26N4. The molecule has 4 nitrogen and oxygen atoms in total. The summed E-state index contributed by atoms with van der Waals surface area (Å²) >= 11 is 0. The number of aromatic nitrogens is 4. The van der Waals surface area contributed by atoms with E-state index in [-0.39, 0.29) is 0 Å². The smallest absolute Gasteiger partial charge is 0.160 e. The predicted octanol–water partition coefficient (Wildman–Crippen LogP) is 9.64. The van der Waals surface area contributed by atoms with Crippen molar-refractivity contribution < 1.29 is 0 Å². The van der Waals surface area contributed by atoms with Crippen molar-refractivity contribution in [1.82, 2.24) is 19.5 Å². The zero-order valence-corrected chi connectivity index (χ0v) is 23.3. The van der Waals surface area contributed by atoms with E-state index in [1.807, 2.05) is 42.7 Å². The molecule has 0 N–H and O–H groups in total. The van der Waals surface area contributed by atoms with Gasteiger partial charge in [-0.15, -0.1) is 0 Å². The van der Waals surface area contributed by atoms with Crippen molar-refractivity contribution in [1.29, 1.82) is 0 Å². The van der Waals surface area contributed by atoms with Gasteiger partial charge in [0.1, 0.15) is 0 Å².